The average molecular weight is 236 g/mol. The van der Waals surface area contributed by atoms with Gasteiger partial charge in [-0.05, 0) is 12.1 Å². The molecule has 5 heteroatoms. The van der Waals surface area contributed by atoms with Crippen molar-refractivity contribution in [2.24, 2.45) is 0 Å². The Morgan fingerprint density at radius 2 is 2.06 bits per heavy atom. The Hall–Kier alpha value is -2.04. The Balaban J connectivity index is 2.39. The van der Waals surface area contributed by atoms with Gasteiger partial charge in [0.15, 0.2) is 0 Å². The normalized spacial score (nSPS) is 23.2. The number of aliphatic carboxylic acids is 1. The predicted octanol–water partition coefficient (Wildman–Crippen LogP) is 1.31. The third kappa shape index (κ3) is 1.84. The number of esters is 1. The van der Waals surface area contributed by atoms with Gasteiger partial charge in [0.05, 0.1) is 13.5 Å². The summed E-state index contributed by atoms with van der Waals surface area (Å²) in [4.78, 5) is 22.5. The molecule has 0 saturated carbocycles. The monoisotopic (exact) mass is 236 g/mol. The van der Waals surface area contributed by atoms with Gasteiger partial charge < -0.3 is 14.6 Å². The molecule has 1 heterocycles. The van der Waals surface area contributed by atoms with Gasteiger partial charge in [0, 0.05) is 12.0 Å². The predicted molar refractivity (Wildman–Crippen MR) is 57.6 cm³/mol. The van der Waals surface area contributed by atoms with Crippen LogP contribution in [0.15, 0.2) is 24.3 Å². The molecule has 0 spiro atoms. The maximum Gasteiger partial charge on any atom is 0.352 e. The van der Waals surface area contributed by atoms with E-state index in [9.17, 15) is 14.7 Å². The van der Waals surface area contributed by atoms with Crippen LogP contribution in [0.5, 0.6) is 5.75 Å². The zero-order valence-corrected chi connectivity index (χ0v) is 9.30. The van der Waals surface area contributed by atoms with Gasteiger partial charge in [-0.3, -0.25) is 4.79 Å². The van der Waals surface area contributed by atoms with Crippen LogP contribution in [0.3, 0.4) is 0 Å². The summed E-state index contributed by atoms with van der Waals surface area (Å²) in [6.45, 7) is 0. The molecule has 1 aromatic rings. The number of carboxylic acid groups (broad SMARTS) is 1. The first kappa shape index (κ1) is 11.4. The second-order valence-electron chi connectivity index (χ2n) is 3.83. The van der Waals surface area contributed by atoms with Gasteiger partial charge in [-0.15, -0.1) is 0 Å². The van der Waals surface area contributed by atoms with Gasteiger partial charge >= 0.3 is 11.9 Å². The molecule has 90 valence electrons. The first-order valence-electron chi connectivity index (χ1n) is 5.18. The summed E-state index contributed by atoms with van der Waals surface area (Å²) in [5.74, 6) is -1.00. The van der Waals surface area contributed by atoms with Crippen molar-refractivity contribution in [3.63, 3.8) is 0 Å². The first-order valence-corrected chi connectivity index (χ1v) is 5.18. The summed E-state index contributed by atoms with van der Waals surface area (Å²) in [5.41, 5.74) is -1.08. The molecule has 0 aliphatic carbocycles. The Morgan fingerprint density at radius 1 is 1.41 bits per heavy atom. The average Bonchev–Trinajstić information content (AvgIpc) is 2.73. The number of benzene rings is 1. The van der Waals surface area contributed by atoms with Gasteiger partial charge in [0.1, 0.15) is 5.75 Å². The molecular formula is C12H12O5. The number of carbonyl (C=O) groups excluding carboxylic acids is 1. The molecule has 5 nitrogen and oxygen atoms in total. The second kappa shape index (κ2) is 4.08. The largest absolute Gasteiger partial charge is 0.497 e. The van der Waals surface area contributed by atoms with E-state index in [1.807, 2.05) is 0 Å². The van der Waals surface area contributed by atoms with Crippen LogP contribution in [0.25, 0.3) is 0 Å². The van der Waals surface area contributed by atoms with Crippen molar-refractivity contribution in [1.82, 2.24) is 0 Å². The van der Waals surface area contributed by atoms with Crippen LogP contribution >= 0.6 is 0 Å². The van der Waals surface area contributed by atoms with Crippen molar-refractivity contribution < 1.29 is 24.2 Å². The molecule has 1 aliphatic heterocycles. The Kier molecular flexibility index (Phi) is 2.75. The topological polar surface area (TPSA) is 72.8 Å². The molecule has 1 fully saturated rings. The third-order valence-corrected chi connectivity index (χ3v) is 2.87. The van der Waals surface area contributed by atoms with Crippen LogP contribution < -0.4 is 4.74 Å². The van der Waals surface area contributed by atoms with Gasteiger partial charge in [0.25, 0.3) is 0 Å². The molecule has 1 aliphatic rings. The van der Waals surface area contributed by atoms with Gasteiger partial charge in [-0.1, -0.05) is 12.1 Å². The molecule has 0 radical (unpaired) electrons. The SMILES string of the molecule is COc1ccc([C@@]2(C(=O)O)CCC(=O)O2)cc1. The molecule has 0 bridgehead atoms. The van der Waals surface area contributed by atoms with E-state index >= 15 is 0 Å². The molecule has 2 rings (SSSR count). The smallest absolute Gasteiger partial charge is 0.352 e. The minimum absolute atomic E-state index is 0.123. The fourth-order valence-electron chi connectivity index (χ4n) is 1.91. The third-order valence-electron chi connectivity index (χ3n) is 2.87. The zero-order valence-electron chi connectivity index (χ0n) is 9.30. The molecule has 0 amide bonds. The van der Waals surface area contributed by atoms with E-state index in [1.54, 1.807) is 24.3 Å². The molecule has 17 heavy (non-hydrogen) atoms. The van der Waals surface area contributed by atoms with E-state index in [-0.39, 0.29) is 12.8 Å². The molecule has 1 N–H and O–H groups in total. The number of hydrogen-bond donors (Lipinski definition) is 1. The summed E-state index contributed by atoms with van der Waals surface area (Å²) in [6, 6.07) is 6.50. The van der Waals surface area contributed by atoms with Gasteiger partial charge in [0.2, 0.25) is 5.60 Å². The van der Waals surface area contributed by atoms with Crippen molar-refractivity contribution in [2.75, 3.05) is 7.11 Å². The van der Waals surface area contributed by atoms with Crippen molar-refractivity contribution in [3.05, 3.63) is 29.8 Å². The second-order valence-corrected chi connectivity index (χ2v) is 3.83. The summed E-state index contributed by atoms with van der Waals surface area (Å²) in [6.07, 6.45) is 0.284. The number of carbonyl (C=O) groups is 2. The zero-order chi connectivity index (χ0) is 12.5. The van der Waals surface area contributed by atoms with Gasteiger partial charge in [-0.2, -0.15) is 0 Å². The first-order chi connectivity index (χ1) is 8.08. The van der Waals surface area contributed by atoms with E-state index in [1.165, 1.54) is 7.11 Å². The maximum atomic E-state index is 11.3. The van der Waals surface area contributed by atoms with Crippen LogP contribution in [0.1, 0.15) is 18.4 Å². The standard InChI is InChI=1S/C12H12O5/c1-16-9-4-2-8(3-5-9)12(11(14)15)7-6-10(13)17-12/h2-5H,6-7H2,1H3,(H,14,15)/t12-/m1/s1. The van der Waals surface area contributed by atoms with Crippen LogP contribution in [0, 0.1) is 0 Å². The highest BCUT2D eigenvalue weighted by Gasteiger charge is 2.49. The Morgan fingerprint density at radius 3 is 2.47 bits per heavy atom. The quantitative estimate of drug-likeness (QED) is 0.801. The number of ether oxygens (including phenoxy) is 2. The summed E-state index contributed by atoms with van der Waals surface area (Å²) in [7, 11) is 1.53. The fourth-order valence-corrected chi connectivity index (χ4v) is 1.91. The lowest BCUT2D eigenvalue weighted by atomic mass is 9.91. The highest BCUT2D eigenvalue weighted by molar-refractivity contribution is 5.86. The molecular weight excluding hydrogens is 224 g/mol. The summed E-state index contributed by atoms with van der Waals surface area (Å²) < 4.78 is 9.98. The van der Waals surface area contributed by atoms with Crippen LogP contribution in [-0.4, -0.2) is 24.2 Å². The Bertz CT molecular complexity index is 450. The highest BCUT2D eigenvalue weighted by Crippen LogP contribution is 2.37. The van der Waals surface area contributed by atoms with E-state index in [2.05, 4.69) is 0 Å². The maximum absolute atomic E-state index is 11.3. The molecule has 1 saturated heterocycles. The minimum atomic E-state index is -1.54. The lowest BCUT2D eigenvalue weighted by Crippen LogP contribution is -2.35. The van der Waals surface area contributed by atoms with Crippen molar-refractivity contribution in [3.8, 4) is 5.75 Å². The highest BCUT2D eigenvalue weighted by atomic mass is 16.6. The number of rotatable bonds is 3. The van der Waals surface area contributed by atoms with Crippen LogP contribution in [-0.2, 0) is 19.9 Å². The summed E-state index contributed by atoms with van der Waals surface area (Å²) >= 11 is 0. The van der Waals surface area contributed by atoms with E-state index in [0.717, 1.165) is 0 Å². The summed E-state index contributed by atoms with van der Waals surface area (Å²) in [5, 5.41) is 9.25. The molecule has 0 aromatic heterocycles. The lowest BCUT2D eigenvalue weighted by Gasteiger charge is -2.23. The van der Waals surface area contributed by atoms with Crippen molar-refractivity contribution in [2.45, 2.75) is 18.4 Å². The fraction of sp³-hybridized carbons (Fsp3) is 0.333. The molecule has 1 atom stereocenters. The van der Waals surface area contributed by atoms with Crippen LogP contribution in [0.2, 0.25) is 0 Å². The minimum Gasteiger partial charge on any atom is -0.497 e. The van der Waals surface area contributed by atoms with E-state index in [0.29, 0.717) is 11.3 Å². The molecule has 0 unspecified atom stereocenters. The number of methoxy groups -OCH3 is 1. The number of carboxylic acids is 1. The van der Waals surface area contributed by atoms with Gasteiger partial charge in [-0.25, -0.2) is 4.79 Å². The van der Waals surface area contributed by atoms with Crippen molar-refractivity contribution >= 4 is 11.9 Å². The van der Waals surface area contributed by atoms with E-state index in [4.69, 9.17) is 9.47 Å². The number of hydrogen-bond acceptors (Lipinski definition) is 4. The van der Waals surface area contributed by atoms with E-state index < -0.39 is 17.5 Å². The Labute approximate surface area is 98.0 Å². The van der Waals surface area contributed by atoms with Crippen molar-refractivity contribution in [1.29, 1.82) is 0 Å². The van der Waals surface area contributed by atoms with Crippen LogP contribution in [0.4, 0.5) is 0 Å². The number of cyclic esters (lactones) is 1. The molecule has 1 aromatic carbocycles. The lowest BCUT2D eigenvalue weighted by molar-refractivity contribution is -0.170.